The second kappa shape index (κ2) is 18.6. The number of nitrogens with one attached hydrogen (secondary N) is 2. The lowest BCUT2D eigenvalue weighted by atomic mass is 9.76. The summed E-state index contributed by atoms with van der Waals surface area (Å²) in [6, 6.07) is 8.09. The van der Waals surface area contributed by atoms with Crippen LogP contribution in [0.25, 0.3) is 33.4 Å². The summed E-state index contributed by atoms with van der Waals surface area (Å²) in [7, 11) is 5.44. The fourth-order valence-corrected chi connectivity index (χ4v) is 11.3. The molecule has 7 heterocycles. The Morgan fingerprint density at radius 2 is 1.83 bits per heavy atom. The summed E-state index contributed by atoms with van der Waals surface area (Å²) in [5, 5.41) is 19.7. The number of hydrogen-bond acceptors (Lipinski definition) is 12. The maximum atomic E-state index is 14.7. The van der Waals surface area contributed by atoms with Gasteiger partial charge in [0.1, 0.15) is 12.1 Å². The van der Waals surface area contributed by atoms with Gasteiger partial charge in [-0.2, -0.15) is 5.43 Å². The summed E-state index contributed by atoms with van der Waals surface area (Å²) < 4.78 is 14.1. The van der Waals surface area contributed by atoms with Crippen LogP contribution < -0.4 is 10.7 Å². The molecule has 0 aliphatic carbocycles. The maximum absolute atomic E-state index is 14.7. The topological polar surface area (TPSA) is 175 Å². The lowest BCUT2D eigenvalue weighted by Crippen LogP contribution is -2.69. The number of aromatic nitrogens is 3. The molecule has 356 valence electrons. The highest BCUT2D eigenvalue weighted by Gasteiger charge is 2.51. The predicted molar refractivity (Wildman–Crippen MR) is 253 cm³/mol. The van der Waals surface area contributed by atoms with Crippen molar-refractivity contribution in [3.05, 3.63) is 58.2 Å². The third-order valence-corrected chi connectivity index (χ3v) is 15.3. The molecular weight excluding hydrogens is 859 g/mol. The molecule has 1 spiro atoms. The van der Waals surface area contributed by atoms with Crippen LogP contribution in [0.4, 0.5) is 4.79 Å². The van der Waals surface area contributed by atoms with E-state index in [0.717, 1.165) is 77.0 Å². The van der Waals surface area contributed by atoms with Crippen molar-refractivity contribution in [1.29, 1.82) is 0 Å². The number of likely N-dealkylation sites (tertiary alicyclic amines) is 2. The van der Waals surface area contributed by atoms with Crippen molar-refractivity contribution < 1.29 is 33.8 Å². The van der Waals surface area contributed by atoms with Gasteiger partial charge in [-0.05, 0) is 88.7 Å². The zero-order chi connectivity index (χ0) is 47.3. The van der Waals surface area contributed by atoms with Gasteiger partial charge in [0.05, 0.1) is 34.8 Å². The molecule has 4 aliphatic rings. The number of nitrogens with zero attached hydrogens (tertiary/aromatic N) is 7. The van der Waals surface area contributed by atoms with Gasteiger partial charge in [0.15, 0.2) is 0 Å². The Morgan fingerprint density at radius 1 is 1.09 bits per heavy atom. The van der Waals surface area contributed by atoms with Crippen LogP contribution in [0.15, 0.2) is 41.9 Å². The van der Waals surface area contributed by atoms with Crippen LogP contribution in [0.3, 0.4) is 0 Å². The van der Waals surface area contributed by atoms with Crippen molar-refractivity contribution in [3.8, 4) is 22.5 Å². The smallest absolute Gasteiger partial charge is 0.355 e. The molecular formula is C49H67N9O7S. The summed E-state index contributed by atoms with van der Waals surface area (Å²) in [5.74, 6) is -2.21. The number of carbonyl (C=O) groups excluding carboxylic acids is 4. The molecule has 3 N–H and O–H groups in total. The first kappa shape index (κ1) is 47.5. The molecule has 4 amide bonds. The van der Waals surface area contributed by atoms with Crippen LogP contribution in [0.2, 0.25) is 0 Å². The van der Waals surface area contributed by atoms with Gasteiger partial charge in [0.2, 0.25) is 11.6 Å². The molecule has 0 unspecified atom stereocenters. The van der Waals surface area contributed by atoms with Gasteiger partial charge in [-0.1, -0.05) is 33.8 Å². The first-order chi connectivity index (χ1) is 31.4. The number of piperidine rings is 1. The Morgan fingerprint density at radius 3 is 2.52 bits per heavy atom. The van der Waals surface area contributed by atoms with Crippen LogP contribution in [0, 0.1) is 11.3 Å². The van der Waals surface area contributed by atoms with Gasteiger partial charge >= 0.3 is 12.0 Å². The minimum atomic E-state index is -2.20. The third kappa shape index (κ3) is 8.96. The molecule has 8 rings (SSSR count). The Bertz CT molecular complexity index is 2480. The third-order valence-electron chi connectivity index (χ3n) is 14.4. The number of hydrazine groups is 1. The molecule has 66 heavy (non-hydrogen) atoms. The van der Waals surface area contributed by atoms with E-state index in [0.29, 0.717) is 30.9 Å². The monoisotopic (exact) mass is 925 g/mol. The van der Waals surface area contributed by atoms with Gasteiger partial charge in [0, 0.05) is 104 Å². The Kier molecular flexibility index (Phi) is 13.4. The lowest BCUT2D eigenvalue weighted by molar-refractivity contribution is -0.189. The number of esters is 1. The average Bonchev–Trinajstić information content (AvgIpc) is 3.88. The molecule has 4 aromatic rings. The van der Waals surface area contributed by atoms with E-state index >= 15 is 0 Å². The Hall–Kier alpha value is -4.94. The average molecular weight is 926 g/mol. The number of ether oxygens (including phenoxy) is 2. The van der Waals surface area contributed by atoms with E-state index in [-0.39, 0.29) is 49.6 Å². The highest BCUT2D eigenvalue weighted by molar-refractivity contribution is 7.10. The fourth-order valence-electron chi connectivity index (χ4n) is 10.5. The van der Waals surface area contributed by atoms with E-state index < -0.39 is 41.0 Å². The summed E-state index contributed by atoms with van der Waals surface area (Å²) in [4.78, 5) is 73.1. The van der Waals surface area contributed by atoms with Gasteiger partial charge < -0.3 is 39.2 Å². The number of cyclic esters (lactones) is 1. The van der Waals surface area contributed by atoms with Gasteiger partial charge in [-0.3, -0.25) is 19.6 Å². The molecule has 16 nitrogen and oxygen atoms in total. The highest BCUT2D eigenvalue weighted by Crippen LogP contribution is 2.43. The molecule has 3 aromatic heterocycles. The number of hydrogen-bond donors (Lipinski definition) is 3. The number of aliphatic hydroxyl groups is 1. The second-order valence-electron chi connectivity index (χ2n) is 20.0. The zero-order valence-corrected chi connectivity index (χ0v) is 40.8. The molecule has 4 atom stereocenters. The molecule has 4 aliphatic heterocycles. The van der Waals surface area contributed by atoms with Crippen LogP contribution in [-0.4, -0.2) is 141 Å². The minimum absolute atomic E-state index is 0.0118. The van der Waals surface area contributed by atoms with Gasteiger partial charge in [-0.15, -0.1) is 11.3 Å². The number of fused-ring (bicyclic) bond motifs is 6. The zero-order valence-electron chi connectivity index (χ0n) is 40.0. The fraction of sp³-hybridized carbons (Fsp3) is 0.592. The van der Waals surface area contributed by atoms with Crippen molar-refractivity contribution >= 4 is 46.1 Å². The standard InChI is InChI=1S/C49H67N9O7S/c1-10-56-38-15-14-32-25-34(38)35(42(56)33-13-11-20-50-40(33)31(4)64-9)27-47(5,6)29-65-45(61)49(63)16-12-21-58(53-49)44(60)36(26-39-51-37(32)28-66-39)52-43(59)41(30(2)3)55(8)46(62)57-24-19-48(57)17-22-54(7)23-18-48/h11,13-15,20,25,28,30-31,36,41,53,63H,10,12,16-19,21-24,26-27,29H2,1-9H3,(H,52,59)/t31-,36-,41-,49-/m0/s1. The normalized spacial score (nSPS) is 23.3. The highest BCUT2D eigenvalue weighted by atomic mass is 32.1. The number of amides is 4. The number of likely N-dealkylation sites (N-methyl/N-ethyl adjacent to an activating group) is 1. The van der Waals surface area contributed by atoms with E-state index in [1.165, 1.54) is 21.2 Å². The lowest BCUT2D eigenvalue weighted by Gasteiger charge is -2.57. The molecule has 1 aromatic carbocycles. The van der Waals surface area contributed by atoms with E-state index in [2.05, 4.69) is 58.4 Å². The van der Waals surface area contributed by atoms with Crippen LogP contribution in [-0.2, 0) is 43.2 Å². The Labute approximate surface area is 392 Å². The van der Waals surface area contributed by atoms with Crippen molar-refractivity contribution in [2.24, 2.45) is 11.3 Å². The van der Waals surface area contributed by atoms with E-state index in [9.17, 15) is 24.3 Å². The number of carbonyl (C=O) groups is 4. The van der Waals surface area contributed by atoms with Crippen molar-refractivity contribution in [2.45, 2.75) is 122 Å². The van der Waals surface area contributed by atoms with Crippen molar-refractivity contribution in [1.82, 2.24) is 45.0 Å². The minimum Gasteiger partial charge on any atom is -0.462 e. The molecule has 17 heteroatoms. The summed E-state index contributed by atoms with van der Waals surface area (Å²) >= 11 is 1.39. The number of aryl methyl sites for hydroxylation is 1. The Balaban J connectivity index is 1.17. The summed E-state index contributed by atoms with van der Waals surface area (Å²) in [6.07, 6.45) is 5.05. The van der Waals surface area contributed by atoms with E-state index in [4.69, 9.17) is 19.4 Å². The number of benzene rings is 1. The molecule has 0 saturated carbocycles. The number of pyridine rings is 1. The van der Waals surface area contributed by atoms with Gasteiger partial charge in [0.25, 0.3) is 5.91 Å². The summed E-state index contributed by atoms with van der Waals surface area (Å²) in [6.45, 7) is 15.2. The van der Waals surface area contributed by atoms with Crippen LogP contribution >= 0.6 is 11.3 Å². The molecule has 0 radical (unpaired) electrons. The number of urea groups is 1. The maximum Gasteiger partial charge on any atom is 0.355 e. The van der Waals surface area contributed by atoms with Crippen LogP contribution in [0.1, 0.15) is 96.0 Å². The van der Waals surface area contributed by atoms with Crippen molar-refractivity contribution in [3.63, 3.8) is 0 Å². The SMILES string of the molecule is CCn1c(-c2cccnc2[C@H](C)OC)c2c3cc(ccc31)-c1csc(n1)C[C@H](NC(=O)[C@H](C(C)C)N(C)C(=O)N1CCC13CCN(C)CC3)C(=O)N1CCC[C@@](O)(N1)C(=O)OCC(C)(C)C2. The number of thiazole rings is 1. The van der Waals surface area contributed by atoms with Gasteiger partial charge in [-0.25, -0.2) is 14.6 Å². The largest absolute Gasteiger partial charge is 0.462 e. The van der Waals surface area contributed by atoms with Crippen LogP contribution in [0.5, 0.6) is 0 Å². The van der Waals surface area contributed by atoms with E-state index in [1.54, 1.807) is 20.4 Å². The second-order valence-corrected chi connectivity index (χ2v) is 20.9. The van der Waals surface area contributed by atoms with E-state index in [1.807, 2.05) is 51.0 Å². The van der Waals surface area contributed by atoms with Crippen molar-refractivity contribution in [2.75, 3.05) is 54.0 Å². The number of methoxy groups -OCH3 is 1. The number of rotatable bonds is 8. The summed E-state index contributed by atoms with van der Waals surface area (Å²) in [5.41, 5.74) is 6.22. The first-order valence-electron chi connectivity index (χ1n) is 23.5. The quantitative estimate of drug-likeness (QED) is 0.183. The molecule has 6 bridgehead atoms. The molecule has 3 saturated heterocycles. The molecule has 3 fully saturated rings. The predicted octanol–water partition coefficient (Wildman–Crippen LogP) is 5.77. The first-order valence-corrected chi connectivity index (χ1v) is 24.4.